The zero-order valence-corrected chi connectivity index (χ0v) is 11.3. The maximum absolute atomic E-state index is 12.2. The predicted molar refractivity (Wildman–Crippen MR) is 80.0 cm³/mol. The molecule has 0 saturated heterocycles. The summed E-state index contributed by atoms with van der Waals surface area (Å²) in [6.07, 6.45) is 0. The van der Waals surface area contributed by atoms with Gasteiger partial charge in [0.25, 0.3) is 11.6 Å². The molecule has 0 fully saturated rings. The zero-order chi connectivity index (χ0) is 15.4. The Bertz CT molecular complexity index is 683. The van der Waals surface area contributed by atoms with E-state index in [1.165, 1.54) is 18.2 Å². The first kappa shape index (κ1) is 14.5. The highest BCUT2D eigenvalue weighted by Gasteiger charge is 2.20. The third-order valence-electron chi connectivity index (χ3n) is 2.91. The molecule has 0 unspecified atom stereocenters. The molecule has 0 heterocycles. The minimum Gasteiger partial charge on any atom is -0.324 e. The van der Waals surface area contributed by atoms with Crippen molar-refractivity contribution in [2.75, 3.05) is 10.7 Å². The summed E-state index contributed by atoms with van der Waals surface area (Å²) in [6, 6.07) is 11.1. The highest BCUT2D eigenvalue weighted by Crippen LogP contribution is 2.23. The highest BCUT2D eigenvalue weighted by molar-refractivity contribution is 6.07. The lowest BCUT2D eigenvalue weighted by Crippen LogP contribution is -2.15. The molecule has 0 bridgehead atoms. The van der Waals surface area contributed by atoms with Gasteiger partial charge in [-0.05, 0) is 31.2 Å². The molecule has 21 heavy (non-hydrogen) atoms. The van der Waals surface area contributed by atoms with E-state index in [-0.39, 0.29) is 11.3 Å². The van der Waals surface area contributed by atoms with Crippen LogP contribution < -0.4 is 16.6 Å². The van der Waals surface area contributed by atoms with Crippen LogP contribution >= 0.6 is 0 Å². The number of rotatable bonds is 4. The molecular weight excluding hydrogens is 272 g/mol. The molecule has 0 aliphatic heterocycles. The fourth-order valence-corrected chi connectivity index (χ4v) is 1.80. The monoisotopic (exact) mass is 286 g/mol. The van der Waals surface area contributed by atoms with E-state index in [1.54, 1.807) is 12.1 Å². The van der Waals surface area contributed by atoms with Gasteiger partial charge in [-0.25, -0.2) is 0 Å². The van der Waals surface area contributed by atoms with Crippen LogP contribution in [0.4, 0.5) is 17.1 Å². The van der Waals surface area contributed by atoms with Gasteiger partial charge in [0, 0.05) is 17.4 Å². The topological polar surface area (TPSA) is 110 Å². The molecule has 108 valence electrons. The first-order valence-corrected chi connectivity index (χ1v) is 6.14. The molecule has 4 N–H and O–H groups in total. The van der Waals surface area contributed by atoms with Gasteiger partial charge in [-0.1, -0.05) is 17.7 Å². The van der Waals surface area contributed by atoms with E-state index in [4.69, 9.17) is 5.84 Å². The molecule has 0 aliphatic carbocycles. The van der Waals surface area contributed by atoms with Crippen LogP contribution in [0.2, 0.25) is 0 Å². The lowest BCUT2D eigenvalue weighted by molar-refractivity contribution is -0.385. The SMILES string of the molecule is Cc1ccc(NC(=O)c2cc(NN)ccc2[N+](=O)[O-])cc1. The van der Waals surface area contributed by atoms with Crippen LogP contribution in [0.25, 0.3) is 0 Å². The Morgan fingerprint density at radius 3 is 2.33 bits per heavy atom. The number of benzene rings is 2. The molecule has 1 amide bonds. The van der Waals surface area contributed by atoms with Crippen molar-refractivity contribution in [3.8, 4) is 0 Å². The van der Waals surface area contributed by atoms with Crippen molar-refractivity contribution in [1.82, 2.24) is 0 Å². The van der Waals surface area contributed by atoms with E-state index in [0.717, 1.165) is 5.56 Å². The van der Waals surface area contributed by atoms with E-state index < -0.39 is 10.8 Å². The quantitative estimate of drug-likeness (QED) is 0.454. The smallest absolute Gasteiger partial charge is 0.282 e. The van der Waals surface area contributed by atoms with Crippen LogP contribution in [-0.2, 0) is 0 Å². The fourth-order valence-electron chi connectivity index (χ4n) is 1.80. The lowest BCUT2D eigenvalue weighted by Gasteiger charge is -2.08. The Morgan fingerprint density at radius 1 is 1.14 bits per heavy atom. The first-order valence-electron chi connectivity index (χ1n) is 6.14. The predicted octanol–water partition coefficient (Wildman–Crippen LogP) is 2.44. The third-order valence-corrected chi connectivity index (χ3v) is 2.91. The number of carbonyl (C=O) groups excluding carboxylic acids is 1. The van der Waals surface area contributed by atoms with Gasteiger partial charge >= 0.3 is 0 Å². The number of aryl methyl sites for hydroxylation is 1. The number of hydrogen-bond acceptors (Lipinski definition) is 5. The van der Waals surface area contributed by atoms with Crippen LogP contribution in [0.1, 0.15) is 15.9 Å². The molecule has 2 aromatic carbocycles. The van der Waals surface area contributed by atoms with E-state index >= 15 is 0 Å². The number of amides is 1. The van der Waals surface area contributed by atoms with Gasteiger partial charge in [0.05, 0.1) is 4.92 Å². The van der Waals surface area contributed by atoms with Crippen molar-refractivity contribution in [3.05, 3.63) is 63.7 Å². The summed E-state index contributed by atoms with van der Waals surface area (Å²) in [7, 11) is 0. The molecule has 7 nitrogen and oxygen atoms in total. The Morgan fingerprint density at radius 2 is 1.76 bits per heavy atom. The maximum atomic E-state index is 12.2. The number of hydrazine groups is 1. The number of nitrogen functional groups attached to an aromatic ring is 1. The zero-order valence-electron chi connectivity index (χ0n) is 11.3. The van der Waals surface area contributed by atoms with Gasteiger partial charge in [-0.3, -0.25) is 20.8 Å². The van der Waals surface area contributed by atoms with Crippen LogP contribution in [0.15, 0.2) is 42.5 Å². The highest BCUT2D eigenvalue weighted by atomic mass is 16.6. The summed E-state index contributed by atoms with van der Waals surface area (Å²) in [5.74, 6) is 4.70. The van der Waals surface area contributed by atoms with Crippen molar-refractivity contribution in [2.45, 2.75) is 6.92 Å². The molecule has 2 rings (SSSR count). The number of nitro groups is 1. The average molecular weight is 286 g/mol. The Labute approximate surface area is 120 Å². The van der Waals surface area contributed by atoms with Crippen LogP contribution in [0.5, 0.6) is 0 Å². The van der Waals surface area contributed by atoms with Crippen molar-refractivity contribution in [3.63, 3.8) is 0 Å². The molecule has 0 atom stereocenters. The number of hydrogen-bond donors (Lipinski definition) is 3. The number of nitrogens with two attached hydrogens (primary N) is 1. The minimum atomic E-state index is -0.607. The van der Waals surface area contributed by atoms with Crippen molar-refractivity contribution in [1.29, 1.82) is 0 Å². The van der Waals surface area contributed by atoms with Crippen LogP contribution in [0.3, 0.4) is 0 Å². The largest absolute Gasteiger partial charge is 0.324 e. The van der Waals surface area contributed by atoms with Crippen LogP contribution in [0, 0.1) is 17.0 Å². The van der Waals surface area contributed by atoms with Crippen molar-refractivity contribution < 1.29 is 9.72 Å². The summed E-state index contributed by atoms with van der Waals surface area (Å²) >= 11 is 0. The second-order valence-electron chi connectivity index (χ2n) is 4.45. The van der Waals surface area contributed by atoms with Gasteiger partial charge in [-0.2, -0.15) is 0 Å². The van der Waals surface area contributed by atoms with Gasteiger partial charge < -0.3 is 10.7 Å². The Hall–Kier alpha value is -2.93. The molecule has 0 saturated carbocycles. The summed E-state index contributed by atoms with van der Waals surface area (Å²) in [4.78, 5) is 22.6. The van der Waals surface area contributed by atoms with Gasteiger partial charge in [0.2, 0.25) is 0 Å². The third kappa shape index (κ3) is 3.34. The van der Waals surface area contributed by atoms with E-state index in [2.05, 4.69) is 10.7 Å². The number of nitro benzene ring substituents is 1. The van der Waals surface area contributed by atoms with E-state index in [0.29, 0.717) is 11.4 Å². The summed E-state index contributed by atoms with van der Waals surface area (Å²) < 4.78 is 0. The normalized spacial score (nSPS) is 10.0. The maximum Gasteiger partial charge on any atom is 0.282 e. The molecule has 7 heteroatoms. The Kier molecular flexibility index (Phi) is 4.15. The minimum absolute atomic E-state index is 0.0592. The second-order valence-corrected chi connectivity index (χ2v) is 4.45. The average Bonchev–Trinajstić information content (AvgIpc) is 2.48. The van der Waals surface area contributed by atoms with Crippen LogP contribution in [-0.4, -0.2) is 10.8 Å². The summed E-state index contributed by atoms with van der Waals surface area (Å²) in [6.45, 7) is 1.92. The number of carbonyl (C=O) groups is 1. The van der Waals surface area contributed by atoms with Crippen molar-refractivity contribution in [2.24, 2.45) is 5.84 Å². The van der Waals surface area contributed by atoms with E-state index in [9.17, 15) is 14.9 Å². The summed E-state index contributed by atoms with van der Waals surface area (Å²) in [5.41, 5.74) is 4.04. The lowest BCUT2D eigenvalue weighted by atomic mass is 10.1. The van der Waals surface area contributed by atoms with Crippen molar-refractivity contribution >= 4 is 23.0 Å². The number of anilines is 2. The fraction of sp³-hybridized carbons (Fsp3) is 0.0714. The molecule has 0 spiro atoms. The second kappa shape index (κ2) is 6.02. The van der Waals surface area contributed by atoms with E-state index in [1.807, 2.05) is 19.1 Å². The summed E-state index contributed by atoms with van der Waals surface area (Å²) in [5, 5.41) is 13.6. The van der Waals surface area contributed by atoms with Gasteiger partial charge in [0.1, 0.15) is 5.56 Å². The molecule has 0 aromatic heterocycles. The Balaban J connectivity index is 2.33. The number of nitrogens with one attached hydrogen (secondary N) is 2. The number of nitrogens with zero attached hydrogens (tertiary/aromatic N) is 1. The molecule has 2 aromatic rings. The van der Waals surface area contributed by atoms with Gasteiger partial charge in [0.15, 0.2) is 0 Å². The van der Waals surface area contributed by atoms with Gasteiger partial charge in [-0.15, -0.1) is 0 Å². The molecular formula is C14H14N4O3. The molecule has 0 aliphatic rings. The first-order chi connectivity index (χ1) is 10.0. The molecule has 0 radical (unpaired) electrons. The standard InChI is InChI=1S/C14H14N4O3/c1-9-2-4-10(5-3-9)16-14(19)12-8-11(17-15)6-7-13(12)18(20)21/h2-8,17H,15H2,1H3,(H,16,19).